The molecular weight excluding hydrogens is 352 g/mol. The summed E-state index contributed by atoms with van der Waals surface area (Å²) in [5, 5.41) is 3.18. The van der Waals surface area contributed by atoms with Crippen molar-refractivity contribution >= 4 is 15.9 Å². The summed E-state index contributed by atoms with van der Waals surface area (Å²) in [5.41, 5.74) is 1.10. The molecule has 0 aliphatic carbocycles. The van der Waals surface area contributed by atoms with Crippen molar-refractivity contribution in [2.45, 2.75) is 11.5 Å². The number of piperidine rings is 2. The molecule has 4 fully saturated rings. The normalized spacial score (nSPS) is 35.9. The maximum Gasteiger partial charge on any atom is 0.235 e. The van der Waals surface area contributed by atoms with Crippen LogP contribution in [0.1, 0.15) is 5.56 Å². The van der Waals surface area contributed by atoms with E-state index in [4.69, 9.17) is 0 Å². The van der Waals surface area contributed by atoms with Crippen LogP contribution in [-0.4, -0.2) is 82.2 Å². The Balaban J connectivity index is 1.63. The molecule has 1 amide bonds. The number of benzene rings is 1. The van der Waals surface area contributed by atoms with Crippen molar-refractivity contribution in [3.8, 4) is 0 Å². The number of hydrogen-bond donors (Lipinski definition) is 2. The molecular formula is C18H26N4O3S. The first-order valence-corrected chi connectivity index (χ1v) is 11.0. The molecule has 0 saturated carbocycles. The predicted molar refractivity (Wildman–Crippen MR) is 99.3 cm³/mol. The highest BCUT2D eigenvalue weighted by Gasteiger charge is 2.55. The van der Waals surface area contributed by atoms with Crippen molar-refractivity contribution in [1.82, 2.24) is 19.8 Å². The standard InChI is InChI=1S/C18H26N4O3S/c1-26(24,25)19-9-16(23)20-17-14-10-21-7-8-22(11-14)13-18(17,12-21)15-5-3-2-4-6-15/h2-6,14,17,19H,7-13H2,1H3,(H,20,23)/t14?,17-,18?/m0/s1. The van der Waals surface area contributed by atoms with Gasteiger partial charge in [0.15, 0.2) is 0 Å². The van der Waals surface area contributed by atoms with Crippen molar-refractivity contribution in [1.29, 1.82) is 0 Å². The molecule has 4 saturated heterocycles. The van der Waals surface area contributed by atoms with Crippen molar-refractivity contribution in [3.05, 3.63) is 35.9 Å². The highest BCUT2D eigenvalue weighted by Crippen LogP contribution is 2.43. The van der Waals surface area contributed by atoms with E-state index in [1.165, 1.54) is 5.56 Å². The minimum absolute atomic E-state index is 0.0179. The van der Waals surface area contributed by atoms with Crippen LogP contribution in [0.25, 0.3) is 0 Å². The van der Waals surface area contributed by atoms with Gasteiger partial charge in [0, 0.05) is 56.6 Å². The lowest BCUT2D eigenvalue weighted by molar-refractivity contribution is -0.123. The summed E-state index contributed by atoms with van der Waals surface area (Å²) in [6.07, 6.45) is 1.07. The number of fused-ring (bicyclic) bond motifs is 1. The van der Waals surface area contributed by atoms with Gasteiger partial charge in [0.25, 0.3) is 0 Å². The molecule has 0 radical (unpaired) electrons. The molecule has 7 nitrogen and oxygen atoms in total. The zero-order valence-electron chi connectivity index (χ0n) is 15.0. The number of sulfonamides is 1. The maximum absolute atomic E-state index is 12.5. The van der Waals surface area contributed by atoms with E-state index in [-0.39, 0.29) is 23.9 Å². The Bertz CT molecular complexity index is 767. The van der Waals surface area contributed by atoms with Crippen LogP contribution >= 0.6 is 0 Å². The van der Waals surface area contributed by atoms with Crippen LogP contribution in [0.3, 0.4) is 0 Å². The van der Waals surface area contributed by atoms with Gasteiger partial charge in [-0.2, -0.15) is 0 Å². The molecule has 4 aliphatic heterocycles. The fourth-order valence-electron chi connectivity index (χ4n) is 4.99. The molecule has 4 heterocycles. The number of hydrogen-bond acceptors (Lipinski definition) is 5. The topological polar surface area (TPSA) is 81.7 Å². The van der Waals surface area contributed by atoms with Crippen molar-refractivity contribution < 1.29 is 13.2 Å². The minimum Gasteiger partial charge on any atom is -0.351 e. The van der Waals surface area contributed by atoms with Crippen LogP contribution in [0.4, 0.5) is 0 Å². The summed E-state index contributed by atoms with van der Waals surface area (Å²) in [5.74, 6) is 0.0919. The zero-order chi connectivity index (χ0) is 18.4. The van der Waals surface area contributed by atoms with Gasteiger partial charge >= 0.3 is 0 Å². The van der Waals surface area contributed by atoms with Crippen LogP contribution in [0.2, 0.25) is 0 Å². The van der Waals surface area contributed by atoms with Gasteiger partial charge in [-0.15, -0.1) is 0 Å². The van der Waals surface area contributed by atoms with E-state index in [0.29, 0.717) is 5.92 Å². The highest BCUT2D eigenvalue weighted by atomic mass is 32.2. The van der Waals surface area contributed by atoms with Gasteiger partial charge in [0.1, 0.15) is 0 Å². The maximum atomic E-state index is 12.5. The summed E-state index contributed by atoms with van der Waals surface area (Å²) in [4.78, 5) is 17.5. The zero-order valence-corrected chi connectivity index (χ0v) is 15.8. The minimum atomic E-state index is -3.38. The van der Waals surface area contributed by atoms with Crippen LogP contribution < -0.4 is 10.0 Å². The first-order valence-electron chi connectivity index (χ1n) is 9.10. The summed E-state index contributed by atoms with van der Waals surface area (Å²) < 4.78 is 24.9. The summed E-state index contributed by atoms with van der Waals surface area (Å²) in [6, 6.07) is 10.5. The number of carbonyl (C=O) groups excluding carboxylic acids is 1. The summed E-state index contributed by atoms with van der Waals surface area (Å²) >= 11 is 0. The second-order valence-electron chi connectivity index (χ2n) is 7.89. The molecule has 26 heavy (non-hydrogen) atoms. The van der Waals surface area contributed by atoms with E-state index in [9.17, 15) is 13.2 Å². The number of nitrogens with zero attached hydrogens (tertiary/aromatic N) is 2. The summed E-state index contributed by atoms with van der Waals surface area (Å²) in [7, 11) is -3.38. The van der Waals surface area contributed by atoms with Gasteiger partial charge in [-0.05, 0) is 5.56 Å². The van der Waals surface area contributed by atoms with E-state index in [1.54, 1.807) is 0 Å². The van der Waals surface area contributed by atoms with Gasteiger partial charge in [-0.3, -0.25) is 4.79 Å². The molecule has 8 heteroatoms. The average Bonchev–Trinajstić information content (AvgIpc) is 2.85. The lowest BCUT2D eigenvalue weighted by atomic mass is 9.64. The SMILES string of the molecule is CS(=O)(=O)NCC(=O)N[C@H]1C2CN3CCN(C2)CC1(c1ccccc1)C3. The van der Waals surface area contributed by atoms with Gasteiger partial charge in [0.2, 0.25) is 15.9 Å². The molecule has 1 aromatic carbocycles. The van der Waals surface area contributed by atoms with Crippen molar-refractivity contribution in [2.75, 3.05) is 52.1 Å². The van der Waals surface area contributed by atoms with Crippen molar-refractivity contribution in [2.24, 2.45) is 5.92 Å². The molecule has 1 aromatic rings. The summed E-state index contributed by atoms with van der Waals surface area (Å²) in [6.45, 7) is 5.75. The van der Waals surface area contributed by atoms with Crippen LogP contribution in [0.5, 0.6) is 0 Å². The van der Waals surface area contributed by atoms with Crippen LogP contribution in [0, 0.1) is 5.92 Å². The van der Waals surface area contributed by atoms with Gasteiger partial charge < -0.3 is 15.1 Å². The molecule has 5 rings (SSSR count). The lowest BCUT2D eigenvalue weighted by Gasteiger charge is -2.55. The van der Waals surface area contributed by atoms with E-state index in [0.717, 1.165) is 45.5 Å². The smallest absolute Gasteiger partial charge is 0.235 e. The van der Waals surface area contributed by atoms with E-state index >= 15 is 0 Å². The monoisotopic (exact) mass is 378 g/mol. The molecule has 4 bridgehead atoms. The molecule has 142 valence electrons. The second kappa shape index (κ2) is 6.60. The molecule has 4 aliphatic rings. The van der Waals surface area contributed by atoms with E-state index < -0.39 is 10.0 Å². The van der Waals surface area contributed by atoms with E-state index in [2.05, 4.69) is 44.1 Å². The third-order valence-electron chi connectivity index (χ3n) is 5.96. The van der Waals surface area contributed by atoms with Gasteiger partial charge in [-0.1, -0.05) is 30.3 Å². The predicted octanol–water partition coefficient (Wildman–Crippen LogP) is -0.781. The Morgan fingerprint density at radius 1 is 1.15 bits per heavy atom. The van der Waals surface area contributed by atoms with Crippen LogP contribution in [0.15, 0.2) is 30.3 Å². The lowest BCUT2D eigenvalue weighted by Crippen LogP contribution is -2.71. The Kier molecular flexibility index (Phi) is 4.54. The number of nitrogens with one attached hydrogen (secondary N) is 2. The molecule has 0 spiro atoms. The number of amides is 1. The average molecular weight is 378 g/mol. The fourth-order valence-corrected chi connectivity index (χ4v) is 5.38. The molecule has 2 unspecified atom stereocenters. The molecule has 3 atom stereocenters. The van der Waals surface area contributed by atoms with Gasteiger partial charge in [-0.25, -0.2) is 13.1 Å². The Hall–Kier alpha value is -1.48. The van der Waals surface area contributed by atoms with Gasteiger partial charge in [0.05, 0.1) is 12.8 Å². The first-order chi connectivity index (χ1) is 12.4. The molecule has 0 aromatic heterocycles. The molecule has 2 N–H and O–H groups in total. The third-order valence-corrected chi connectivity index (χ3v) is 6.62. The largest absolute Gasteiger partial charge is 0.351 e. The number of rotatable bonds is 5. The first kappa shape index (κ1) is 17.9. The Morgan fingerprint density at radius 3 is 2.35 bits per heavy atom. The van der Waals surface area contributed by atoms with E-state index in [1.807, 2.05) is 6.07 Å². The van der Waals surface area contributed by atoms with Crippen molar-refractivity contribution in [3.63, 3.8) is 0 Å². The quantitative estimate of drug-likeness (QED) is 0.703. The Morgan fingerprint density at radius 2 is 1.77 bits per heavy atom. The van der Waals surface area contributed by atoms with Crippen LogP contribution in [-0.2, 0) is 20.2 Å². The number of carbonyl (C=O) groups is 1. The second-order valence-corrected chi connectivity index (χ2v) is 9.72. The Labute approximate surface area is 154 Å². The highest BCUT2D eigenvalue weighted by molar-refractivity contribution is 7.88. The fraction of sp³-hybridized carbons (Fsp3) is 0.611. The third kappa shape index (κ3) is 3.38.